The van der Waals surface area contributed by atoms with E-state index < -0.39 is 6.23 Å². The summed E-state index contributed by atoms with van der Waals surface area (Å²) in [4.78, 5) is 4.11. The first-order chi connectivity index (χ1) is 14.2. The highest BCUT2D eigenvalue weighted by molar-refractivity contribution is 6.31. The molecule has 2 aliphatic heterocycles. The van der Waals surface area contributed by atoms with Gasteiger partial charge in [-0.25, -0.2) is 5.01 Å². The van der Waals surface area contributed by atoms with E-state index in [0.29, 0.717) is 28.5 Å². The van der Waals surface area contributed by atoms with Crippen LogP contribution in [-0.2, 0) is 0 Å². The monoisotopic (exact) mass is 407 g/mol. The molecule has 1 N–H and O–H groups in total. The van der Waals surface area contributed by atoms with Crippen molar-refractivity contribution in [2.45, 2.75) is 18.7 Å². The number of rotatable bonds is 3. The summed E-state index contributed by atoms with van der Waals surface area (Å²) in [6.07, 6.45) is 3.63. The molecule has 2 aliphatic rings. The highest BCUT2D eigenvalue weighted by Crippen LogP contribution is 2.51. The van der Waals surface area contributed by atoms with Gasteiger partial charge in [0.1, 0.15) is 5.75 Å². The molecular weight excluding hydrogens is 390 g/mol. The van der Waals surface area contributed by atoms with Crippen LogP contribution in [0.4, 0.5) is 0 Å². The van der Waals surface area contributed by atoms with Crippen LogP contribution in [0.15, 0.2) is 66.0 Å². The number of aromatic hydroxyl groups is 1. The van der Waals surface area contributed by atoms with Crippen molar-refractivity contribution in [3.8, 4) is 17.2 Å². The van der Waals surface area contributed by atoms with Crippen LogP contribution in [0, 0.1) is 0 Å². The van der Waals surface area contributed by atoms with Crippen LogP contribution in [0.1, 0.15) is 35.4 Å². The zero-order valence-electron chi connectivity index (χ0n) is 15.6. The second-order valence-electron chi connectivity index (χ2n) is 6.94. The Morgan fingerprint density at radius 2 is 2.00 bits per heavy atom. The van der Waals surface area contributed by atoms with Gasteiger partial charge in [-0.2, -0.15) is 5.10 Å². The van der Waals surface area contributed by atoms with Gasteiger partial charge in [0.2, 0.25) is 6.23 Å². The van der Waals surface area contributed by atoms with Crippen molar-refractivity contribution in [1.82, 2.24) is 9.99 Å². The number of nitrogens with zero attached hydrogens (tertiary/aromatic N) is 3. The molecule has 146 valence electrons. The summed E-state index contributed by atoms with van der Waals surface area (Å²) in [5.74, 6) is 1.55. The number of phenols is 1. The third-order valence-electron chi connectivity index (χ3n) is 5.26. The molecule has 6 nitrogen and oxygen atoms in total. The molecule has 2 atom stereocenters. The van der Waals surface area contributed by atoms with E-state index in [9.17, 15) is 5.11 Å². The van der Waals surface area contributed by atoms with Crippen molar-refractivity contribution in [3.63, 3.8) is 0 Å². The Labute approximate surface area is 173 Å². The van der Waals surface area contributed by atoms with Gasteiger partial charge in [0.15, 0.2) is 11.5 Å². The van der Waals surface area contributed by atoms with E-state index in [2.05, 4.69) is 4.98 Å². The van der Waals surface area contributed by atoms with Gasteiger partial charge >= 0.3 is 0 Å². The SMILES string of the molecule is COc1cccc2c1O[C@H](c1ccncc1)N1N=C(c3cc(Cl)ccc3O)C[C@@H]21. The first-order valence-corrected chi connectivity index (χ1v) is 9.61. The summed E-state index contributed by atoms with van der Waals surface area (Å²) in [6, 6.07) is 14.6. The van der Waals surface area contributed by atoms with Crippen molar-refractivity contribution >= 4 is 17.3 Å². The largest absolute Gasteiger partial charge is 0.507 e. The Hall–Kier alpha value is -3.25. The molecular formula is C22H18ClN3O3. The van der Waals surface area contributed by atoms with Crippen LogP contribution >= 0.6 is 11.6 Å². The van der Waals surface area contributed by atoms with Crippen molar-refractivity contribution < 1.29 is 14.6 Å². The Bertz CT molecular complexity index is 1100. The van der Waals surface area contributed by atoms with Crippen molar-refractivity contribution in [3.05, 3.63) is 82.6 Å². The van der Waals surface area contributed by atoms with E-state index in [-0.39, 0.29) is 11.8 Å². The number of hydrazone groups is 1. The maximum absolute atomic E-state index is 10.4. The lowest BCUT2D eigenvalue weighted by molar-refractivity contribution is -0.0209. The normalized spacial score (nSPS) is 19.8. The topological polar surface area (TPSA) is 67.2 Å². The Balaban J connectivity index is 1.64. The van der Waals surface area contributed by atoms with Gasteiger partial charge < -0.3 is 14.6 Å². The first kappa shape index (κ1) is 17.8. The fourth-order valence-corrected chi connectivity index (χ4v) is 4.07. The van der Waals surface area contributed by atoms with Crippen LogP contribution in [0.25, 0.3) is 0 Å². The van der Waals surface area contributed by atoms with E-state index in [0.717, 1.165) is 16.8 Å². The number of benzene rings is 2. The minimum Gasteiger partial charge on any atom is -0.507 e. The zero-order chi connectivity index (χ0) is 20.0. The first-order valence-electron chi connectivity index (χ1n) is 9.24. The molecule has 0 radical (unpaired) electrons. The van der Waals surface area contributed by atoms with E-state index >= 15 is 0 Å². The lowest BCUT2D eigenvalue weighted by Gasteiger charge is -2.38. The maximum Gasteiger partial charge on any atom is 0.214 e. The molecule has 0 fully saturated rings. The van der Waals surface area contributed by atoms with Gasteiger partial charge in [0.05, 0.1) is 18.9 Å². The van der Waals surface area contributed by atoms with Gasteiger partial charge in [-0.15, -0.1) is 0 Å². The molecule has 5 rings (SSSR count). The lowest BCUT2D eigenvalue weighted by atomic mass is 9.95. The molecule has 0 spiro atoms. The minimum absolute atomic E-state index is 0.0552. The molecule has 0 saturated carbocycles. The highest BCUT2D eigenvalue weighted by atomic mass is 35.5. The van der Waals surface area contributed by atoms with Crippen molar-refractivity contribution in [2.24, 2.45) is 5.10 Å². The van der Waals surface area contributed by atoms with Gasteiger partial charge in [-0.05, 0) is 36.4 Å². The second-order valence-corrected chi connectivity index (χ2v) is 7.37. The third-order valence-corrected chi connectivity index (χ3v) is 5.50. The van der Waals surface area contributed by atoms with Crippen LogP contribution in [0.5, 0.6) is 17.2 Å². The zero-order valence-corrected chi connectivity index (χ0v) is 16.4. The van der Waals surface area contributed by atoms with E-state index in [4.69, 9.17) is 26.2 Å². The average molecular weight is 408 g/mol. The summed E-state index contributed by atoms with van der Waals surface area (Å²) >= 11 is 6.17. The molecule has 0 saturated heterocycles. The molecule has 29 heavy (non-hydrogen) atoms. The molecule has 0 amide bonds. The number of hydrogen-bond donors (Lipinski definition) is 1. The standard InChI is InChI=1S/C22H18ClN3O3/c1-28-20-4-2-3-15-18-12-17(16-11-14(23)5-6-19(16)27)25-26(18)22(29-21(15)20)13-7-9-24-10-8-13/h2-11,18,22,27H,12H2,1H3/t18-,22+/m0/s1. The molecule has 7 heteroatoms. The summed E-state index contributed by atoms with van der Waals surface area (Å²) < 4.78 is 11.9. The highest BCUT2D eigenvalue weighted by Gasteiger charge is 2.42. The van der Waals surface area contributed by atoms with Gasteiger partial charge in [-0.1, -0.05) is 23.7 Å². The Morgan fingerprint density at radius 1 is 1.17 bits per heavy atom. The minimum atomic E-state index is -0.439. The van der Waals surface area contributed by atoms with E-state index in [1.807, 2.05) is 35.3 Å². The van der Waals surface area contributed by atoms with E-state index in [1.165, 1.54) is 0 Å². The van der Waals surface area contributed by atoms with Crippen molar-refractivity contribution in [2.75, 3.05) is 7.11 Å². The van der Waals surface area contributed by atoms with Crippen LogP contribution < -0.4 is 9.47 Å². The molecule has 2 aromatic carbocycles. The fourth-order valence-electron chi connectivity index (χ4n) is 3.89. The number of methoxy groups -OCH3 is 1. The Morgan fingerprint density at radius 3 is 2.79 bits per heavy atom. The average Bonchev–Trinajstić information content (AvgIpc) is 3.20. The van der Waals surface area contributed by atoms with Crippen molar-refractivity contribution in [1.29, 1.82) is 0 Å². The molecule has 0 bridgehead atoms. The predicted octanol–water partition coefficient (Wildman–Crippen LogP) is 4.69. The number of pyridine rings is 1. The summed E-state index contributed by atoms with van der Waals surface area (Å²) in [7, 11) is 1.63. The maximum atomic E-state index is 10.4. The van der Waals surface area contributed by atoms with Crippen LogP contribution in [0.3, 0.4) is 0 Å². The third kappa shape index (κ3) is 2.96. The molecule has 0 unspecified atom stereocenters. The fraction of sp³-hybridized carbons (Fsp3) is 0.182. The molecule has 3 heterocycles. The van der Waals surface area contributed by atoms with Crippen LogP contribution in [0.2, 0.25) is 5.02 Å². The number of halogens is 1. The number of aromatic nitrogens is 1. The van der Waals surface area contributed by atoms with Gasteiger partial charge in [-0.3, -0.25) is 4.98 Å². The van der Waals surface area contributed by atoms with E-state index in [1.54, 1.807) is 37.7 Å². The number of para-hydroxylation sites is 1. The number of fused-ring (bicyclic) bond motifs is 3. The summed E-state index contributed by atoms with van der Waals surface area (Å²) in [6.45, 7) is 0. The number of phenolic OH excluding ortho intramolecular Hbond substituents is 1. The Kier molecular flexibility index (Phi) is 4.28. The van der Waals surface area contributed by atoms with Crippen LogP contribution in [-0.4, -0.2) is 27.9 Å². The molecule has 1 aromatic heterocycles. The predicted molar refractivity (Wildman–Crippen MR) is 109 cm³/mol. The number of hydrogen-bond acceptors (Lipinski definition) is 6. The lowest BCUT2D eigenvalue weighted by Crippen LogP contribution is -2.33. The second kappa shape index (κ2) is 6.97. The van der Waals surface area contributed by atoms with Gasteiger partial charge in [0, 0.05) is 40.5 Å². The number of ether oxygens (including phenoxy) is 2. The summed E-state index contributed by atoms with van der Waals surface area (Å²) in [5, 5.41) is 17.7. The summed E-state index contributed by atoms with van der Waals surface area (Å²) in [5.41, 5.74) is 3.31. The molecule has 3 aromatic rings. The van der Waals surface area contributed by atoms with Gasteiger partial charge in [0.25, 0.3) is 0 Å². The molecule has 0 aliphatic carbocycles. The smallest absolute Gasteiger partial charge is 0.214 e. The quantitative estimate of drug-likeness (QED) is 0.682.